The summed E-state index contributed by atoms with van der Waals surface area (Å²) < 4.78 is 0.822. The van der Waals surface area contributed by atoms with Crippen molar-refractivity contribution < 1.29 is 9.90 Å². The van der Waals surface area contributed by atoms with E-state index in [1.54, 1.807) is 0 Å². The normalized spacial score (nSPS) is 17.5. The predicted octanol–water partition coefficient (Wildman–Crippen LogP) is 1.93. The summed E-state index contributed by atoms with van der Waals surface area (Å²) in [7, 11) is 3.84. The van der Waals surface area contributed by atoms with E-state index >= 15 is 0 Å². The molecular weight excluding hydrogens is 308 g/mol. The SMILES string of the molecule is CCCNC(CSc1nnc(N(C)C)s1)(C(=O)O)C1CC1. The van der Waals surface area contributed by atoms with Crippen molar-refractivity contribution in [1.29, 1.82) is 0 Å². The Labute approximate surface area is 133 Å². The number of thioether (sulfide) groups is 1. The number of hydrogen-bond acceptors (Lipinski definition) is 7. The number of carbonyl (C=O) groups is 1. The Kier molecular flexibility index (Phi) is 5.45. The molecule has 0 aliphatic heterocycles. The summed E-state index contributed by atoms with van der Waals surface area (Å²) in [4.78, 5) is 13.7. The molecule has 1 aromatic heterocycles. The molecule has 8 heteroatoms. The minimum Gasteiger partial charge on any atom is -0.480 e. The molecule has 118 valence electrons. The molecule has 1 aliphatic carbocycles. The van der Waals surface area contributed by atoms with Crippen molar-refractivity contribution in [1.82, 2.24) is 15.5 Å². The number of hydrogen-bond donors (Lipinski definition) is 2. The van der Waals surface area contributed by atoms with E-state index in [2.05, 4.69) is 15.5 Å². The highest BCUT2D eigenvalue weighted by atomic mass is 32.2. The Morgan fingerprint density at radius 2 is 2.24 bits per heavy atom. The molecule has 0 radical (unpaired) electrons. The number of nitrogens with zero attached hydrogens (tertiary/aromatic N) is 3. The summed E-state index contributed by atoms with van der Waals surface area (Å²) in [5, 5.41) is 22.0. The monoisotopic (exact) mass is 330 g/mol. The average Bonchev–Trinajstić information content (AvgIpc) is 3.17. The highest BCUT2D eigenvalue weighted by molar-refractivity contribution is 8.01. The van der Waals surface area contributed by atoms with Crippen LogP contribution in [0.2, 0.25) is 0 Å². The van der Waals surface area contributed by atoms with Crippen molar-refractivity contribution in [2.75, 3.05) is 31.3 Å². The van der Waals surface area contributed by atoms with Gasteiger partial charge >= 0.3 is 5.97 Å². The van der Waals surface area contributed by atoms with Gasteiger partial charge in [0.2, 0.25) is 5.13 Å². The second-order valence-electron chi connectivity index (χ2n) is 5.51. The van der Waals surface area contributed by atoms with Crippen LogP contribution in [0.3, 0.4) is 0 Å². The first-order chi connectivity index (χ1) is 9.99. The molecular formula is C13H22N4O2S2. The lowest BCUT2D eigenvalue weighted by Gasteiger charge is -2.30. The zero-order chi connectivity index (χ0) is 15.5. The van der Waals surface area contributed by atoms with Gasteiger partial charge in [-0.15, -0.1) is 10.2 Å². The molecule has 0 bridgehead atoms. The zero-order valence-corrected chi connectivity index (χ0v) is 14.3. The lowest BCUT2D eigenvalue weighted by molar-refractivity contribution is -0.144. The van der Waals surface area contributed by atoms with Gasteiger partial charge < -0.3 is 15.3 Å². The molecule has 2 rings (SSSR count). The number of rotatable bonds is 9. The zero-order valence-electron chi connectivity index (χ0n) is 12.6. The van der Waals surface area contributed by atoms with Gasteiger partial charge in [0.1, 0.15) is 5.54 Å². The number of anilines is 1. The van der Waals surface area contributed by atoms with Crippen LogP contribution in [0, 0.1) is 5.92 Å². The molecule has 21 heavy (non-hydrogen) atoms. The standard InChI is InChI=1S/C13H22N4O2S2/c1-4-7-14-13(10(18)19,9-5-6-9)8-20-12-16-15-11(21-12)17(2)3/h9,14H,4-8H2,1-3H3,(H,18,19). The number of carboxylic acid groups (broad SMARTS) is 1. The van der Waals surface area contributed by atoms with E-state index in [9.17, 15) is 9.90 Å². The topological polar surface area (TPSA) is 78.4 Å². The lowest BCUT2D eigenvalue weighted by atomic mass is 9.95. The minimum absolute atomic E-state index is 0.232. The average molecular weight is 330 g/mol. The molecule has 1 saturated carbocycles. The lowest BCUT2D eigenvalue weighted by Crippen LogP contribution is -2.56. The quantitative estimate of drug-likeness (QED) is 0.670. The Morgan fingerprint density at radius 3 is 2.71 bits per heavy atom. The van der Waals surface area contributed by atoms with E-state index in [1.165, 1.54) is 23.1 Å². The minimum atomic E-state index is -0.829. The third kappa shape index (κ3) is 3.87. The molecule has 1 atom stereocenters. The summed E-state index contributed by atoms with van der Waals surface area (Å²) in [6.07, 6.45) is 2.90. The van der Waals surface area contributed by atoms with Crippen LogP contribution < -0.4 is 10.2 Å². The summed E-state index contributed by atoms with van der Waals surface area (Å²) in [6, 6.07) is 0. The number of aromatic nitrogens is 2. The van der Waals surface area contributed by atoms with Gasteiger partial charge in [-0.3, -0.25) is 4.79 Å². The van der Waals surface area contributed by atoms with Crippen LogP contribution in [0.15, 0.2) is 4.34 Å². The van der Waals surface area contributed by atoms with Gasteiger partial charge in [0, 0.05) is 19.8 Å². The van der Waals surface area contributed by atoms with Gasteiger partial charge in [-0.1, -0.05) is 30.0 Å². The van der Waals surface area contributed by atoms with Crippen molar-refractivity contribution in [3.63, 3.8) is 0 Å². The molecule has 1 aromatic rings. The molecule has 1 fully saturated rings. The fourth-order valence-electron chi connectivity index (χ4n) is 2.17. The maximum Gasteiger partial charge on any atom is 0.325 e. The van der Waals surface area contributed by atoms with E-state index in [0.29, 0.717) is 5.75 Å². The maximum atomic E-state index is 11.8. The molecule has 6 nitrogen and oxygen atoms in total. The summed E-state index contributed by atoms with van der Waals surface area (Å²) in [5.41, 5.74) is -0.829. The van der Waals surface area contributed by atoms with Gasteiger partial charge in [-0.05, 0) is 31.7 Å². The maximum absolute atomic E-state index is 11.8. The molecule has 1 heterocycles. The first-order valence-electron chi connectivity index (χ1n) is 7.11. The van der Waals surface area contributed by atoms with Crippen molar-refractivity contribution in [3.8, 4) is 0 Å². The summed E-state index contributed by atoms with van der Waals surface area (Å²) in [5.74, 6) is -0.0201. The summed E-state index contributed by atoms with van der Waals surface area (Å²) >= 11 is 2.98. The number of aliphatic carboxylic acids is 1. The molecule has 2 N–H and O–H groups in total. The number of carboxylic acids is 1. The molecule has 1 aliphatic rings. The highest BCUT2D eigenvalue weighted by Crippen LogP contribution is 2.43. The predicted molar refractivity (Wildman–Crippen MR) is 86.3 cm³/mol. The van der Waals surface area contributed by atoms with E-state index in [-0.39, 0.29) is 5.92 Å². The van der Waals surface area contributed by atoms with Crippen LogP contribution in [0.5, 0.6) is 0 Å². The van der Waals surface area contributed by atoms with Crippen molar-refractivity contribution in [3.05, 3.63) is 0 Å². The van der Waals surface area contributed by atoms with E-state index in [0.717, 1.165) is 35.3 Å². The fraction of sp³-hybridized carbons (Fsp3) is 0.769. The van der Waals surface area contributed by atoms with Gasteiger partial charge in [0.15, 0.2) is 4.34 Å². The Morgan fingerprint density at radius 1 is 1.52 bits per heavy atom. The van der Waals surface area contributed by atoms with E-state index in [1.807, 2.05) is 25.9 Å². The number of nitrogens with one attached hydrogen (secondary N) is 1. The third-order valence-corrected chi connectivity index (χ3v) is 5.97. The molecule has 0 aromatic carbocycles. The third-order valence-electron chi connectivity index (χ3n) is 3.55. The second kappa shape index (κ2) is 6.93. The Bertz CT molecular complexity index is 490. The van der Waals surface area contributed by atoms with Gasteiger partial charge in [-0.2, -0.15) is 0 Å². The molecule has 0 saturated heterocycles. The van der Waals surface area contributed by atoms with Crippen molar-refractivity contribution in [2.45, 2.75) is 36.1 Å². The van der Waals surface area contributed by atoms with Gasteiger partial charge in [0.05, 0.1) is 0 Å². The first kappa shape index (κ1) is 16.5. The van der Waals surface area contributed by atoms with Crippen molar-refractivity contribution >= 4 is 34.2 Å². The van der Waals surface area contributed by atoms with Gasteiger partial charge in [0.25, 0.3) is 0 Å². The second-order valence-corrected chi connectivity index (χ2v) is 7.69. The van der Waals surface area contributed by atoms with Crippen LogP contribution in [-0.2, 0) is 4.79 Å². The van der Waals surface area contributed by atoms with Crippen LogP contribution in [0.1, 0.15) is 26.2 Å². The molecule has 0 amide bonds. The Hall–Kier alpha value is -0.860. The summed E-state index contributed by atoms with van der Waals surface area (Å²) in [6.45, 7) is 2.77. The smallest absolute Gasteiger partial charge is 0.325 e. The molecule has 1 unspecified atom stereocenters. The van der Waals surface area contributed by atoms with Crippen LogP contribution in [0.25, 0.3) is 0 Å². The highest BCUT2D eigenvalue weighted by Gasteiger charge is 2.50. The largest absolute Gasteiger partial charge is 0.480 e. The first-order valence-corrected chi connectivity index (χ1v) is 8.92. The van der Waals surface area contributed by atoms with Crippen molar-refractivity contribution in [2.24, 2.45) is 5.92 Å². The van der Waals surface area contributed by atoms with Gasteiger partial charge in [-0.25, -0.2) is 0 Å². The van der Waals surface area contributed by atoms with Crippen LogP contribution in [0.4, 0.5) is 5.13 Å². The fourth-order valence-corrected chi connectivity index (χ4v) is 4.22. The van der Waals surface area contributed by atoms with Crippen LogP contribution in [-0.4, -0.2) is 53.2 Å². The van der Waals surface area contributed by atoms with E-state index < -0.39 is 11.5 Å². The Balaban J connectivity index is 2.05. The van der Waals surface area contributed by atoms with Crippen LogP contribution >= 0.6 is 23.1 Å². The van der Waals surface area contributed by atoms with E-state index in [4.69, 9.17) is 0 Å². The molecule has 0 spiro atoms.